The molecular formula is C23H32N2O. The zero-order valence-electron chi connectivity index (χ0n) is 15.9. The van der Waals surface area contributed by atoms with Crippen molar-refractivity contribution in [2.45, 2.75) is 57.4 Å². The number of carbonyl (C=O) groups is 1. The fourth-order valence-electron chi connectivity index (χ4n) is 5.11. The quantitative estimate of drug-likeness (QED) is 0.804. The van der Waals surface area contributed by atoms with Crippen molar-refractivity contribution in [1.82, 2.24) is 9.80 Å². The zero-order chi connectivity index (χ0) is 17.8. The summed E-state index contributed by atoms with van der Waals surface area (Å²) < 4.78 is 0. The minimum Gasteiger partial charge on any atom is -0.339 e. The Morgan fingerprint density at radius 2 is 1.77 bits per heavy atom. The van der Waals surface area contributed by atoms with Crippen LogP contribution in [-0.2, 0) is 4.79 Å². The molecule has 3 nitrogen and oxygen atoms in total. The van der Waals surface area contributed by atoms with Crippen LogP contribution in [0, 0.1) is 5.41 Å². The standard InChI is InChI=1S/C23H32N2O/c26-22-12-13-23(19-25(22)21-10-4-5-11-21)14-17-24(18-15-23)16-6-9-20-7-2-1-3-8-20/h1-3,6-9,21H,4-5,10-19H2/b9-6+. The molecule has 1 saturated carbocycles. The largest absolute Gasteiger partial charge is 0.339 e. The van der Waals surface area contributed by atoms with E-state index in [2.05, 4.69) is 52.3 Å². The van der Waals surface area contributed by atoms with E-state index in [-0.39, 0.29) is 0 Å². The predicted molar refractivity (Wildman–Crippen MR) is 107 cm³/mol. The molecule has 2 saturated heterocycles. The Hall–Kier alpha value is -1.61. The zero-order valence-corrected chi connectivity index (χ0v) is 15.9. The van der Waals surface area contributed by atoms with Gasteiger partial charge < -0.3 is 4.90 Å². The lowest BCUT2D eigenvalue weighted by Gasteiger charge is -2.49. The van der Waals surface area contributed by atoms with Gasteiger partial charge in [-0.15, -0.1) is 0 Å². The number of piperidine rings is 2. The van der Waals surface area contributed by atoms with Crippen molar-refractivity contribution >= 4 is 12.0 Å². The van der Waals surface area contributed by atoms with Crippen LogP contribution in [0.15, 0.2) is 36.4 Å². The molecule has 0 radical (unpaired) electrons. The summed E-state index contributed by atoms with van der Waals surface area (Å²) in [4.78, 5) is 17.3. The van der Waals surface area contributed by atoms with E-state index in [0.29, 0.717) is 17.4 Å². The van der Waals surface area contributed by atoms with Gasteiger partial charge in [0.05, 0.1) is 0 Å². The highest BCUT2D eigenvalue weighted by Crippen LogP contribution is 2.42. The highest BCUT2D eigenvalue weighted by atomic mass is 16.2. The molecule has 2 aliphatic heterocycles. The number of carbonyl (C=O) groups excluding carboxylic acids is 1. The summed E-state index contributed by atoms with van der Waals surface area (Å²) in [6, 6.07) is 11.1. The smallest absolute Gasteiger partial charge is 0.222 e. The topological polar surface area (TPSA) is 23.6 Å². The van der Waals surface area contributed by atoms with E-state index in [1.54, 1.807) is 0 Å². The van der Waals surface area contributed by atoms with E-state index in [1.165, 1.54) is 57.2 Å². The lowest BCUT2D eigenvalue weighted by Crippen LogP contribution is -2.53. The third kappa shape index (κ3) is 4.03. The molecule has 3 fully saturated rings. The molecule has 0 bridgehead atoms. The van der Waals surface area contributed by atoms with Crippen LogP contribution in [0.4, 0.5) is 0 Å². The average molecular weight is 353 g/mol. The fraction of sp³-hybridized carbons (Fsp3) is 0.609. The van der Waals surface area contributed by atoms with E-state index in [1.807, 2.05) is 0 Å². The molecule has 1 aromatic rings. The summed E-state index contributed by atoms with van der Waals surface area (Å²) in [6.07, 6.45) is 14.0. The Bertz CT molecular complexity index is 625. The molecule has 1 spiro atoms. The summed E-state index contributed by atoms with van der Waals surface area (Å²) >= 11 is 0. The van der Waals surface area contributed by atoms with E-state index >= 15 is 0 Å². The van der Waals surface area contributed by atoms with Gasteiger partial charge in [0.1, 0.15) is 0 Å². The molecule has 140 valence electrons. The van der Waals surface area contributed by atoms with Crippen LogP contribution < -0.4 is 0 Å². The van der Waals surface area contributed by atoms with E-state index in [0.717, 1.165) is 25.9 Å². The first kappa shape index (κ1) is 17.8. The Morgan fingerprint density at radius 3 is 2.50 bits per heavy atom. The van der Waals surface area contributed by atoms with Crippen LogP contribution in [-0.4, -0.2) is 47.9 Å². The van der Waals surface area contributed by atoms with Gasteiger partial charge in [0, 0.05) is 25.6 Å². The Kier molecular flexibility index (Phi) is 5.44. The van der Waals surface area contributed by atoms with Crippen LogP contribution in [0.25, 0.3) is 6.08 Å². The molecule has 2 heterocycles. The third-order valence-corrected chi connectivity index (χ3v) is 6.85. The van der Waals surface area contributed by atoms with Crippen molar-refractivity contribution in [1.29, 1.82) is 0 Å². The van der Waals surface area contributed by atoms with Gasteiger partial charge in [-0.25, -0.2) is 0 Å². The highest BCUT2D eigenvalue weighted by Gasteiger charge is 2.42. The number of rotatable bonds is 4. The average Bonchev–Trinajstić information content (AvgIpc) is 3.21. The summed E-state index contributed by atoms with van der Waals surface area (Å²) in [7, 11) is 0. The number of nitrogens with zero attached hydrogens (tertiary/aromatic N) is 2. The minimum atomic E-state index is 0.399. The van der Waals surface area contributed by atoms with Crippen molar-refractivity contribution in [2.24, 2.45) is 5.41 Å². The monoisotopic (exact) mass is 352 g/mol. The van der Waals surface area contributed by atoms with E-state index in [9.17, 15) is 4.79 Å². The van der Waals surface area contributed by atoms with Crippen LogP contribution in [0.2, 0.25) is 0 Å². The summed E-state index contributed by atoms with van der Waals surface area (Å²) in [5, 5.41) is 0. The van der Waals surface area contributed by atoms with Gasteiger partial charge in [-0.1, -0.05) is 55.3 Å². The molecule has 1 aliphatic carbocycles. The van der Waals surface area contributed by atoms with E-state index in [4.69, 9.17) is 0 Å². The molecule has 26 heavy (non-hydrogen) atoms. The lowest BCUT2D eigenvalue weighted by molar-refractivity contribution is -0.142. The second-order valence-corrected chi connectivity index (χ2v) is 8.57. The Morgan fingerprint density at radius 1 is 1.04 bits per heavy atom. The van der Waals surface area contributed by atoms with Gasteiger partial charge in [-0.2, -0.15) is 0 Å². The summed E-state index contributed by atoms with van der Waals surface area (Å²) in [5.74, 6) is 0.427. The first-order valence-electron chi connectivity index (χ1n) is 10.5. The van der Waals surface area contributed by atoms with Gasteiger partial charge in [0.25, 0.3) is 0 Å². The molecule has 0 aromatic heterocycles. The van der Waals surface area contributed by atoms with Crippen LogP contribution >= 0.6 is 0 Å². The van der Waals surface area contributed by atoms with Crippen LogP contribution in [0.1, 0.15) is 56.9 Å². The number of benzene rings is 1. The van der Waals surface area contributed by atoms with Gasteiger partial charge in [-0.05, 0) is 56.2 Å². The van der Waals surface area contributed by atoms with Crippen molar-refractivity contribution in [2.75, 3.05) is 26.2 Å². The molecule has 1 amide bonds. The number of hydrogen-bond acceptors (Lipinski definition) is 2. The summed E-state index contributed by atoms with van der Waals surface area (Å²) in [6.45, 7) is 4.41. The van der Waals surface area contributed by atoms with Gasteiger partial charge >= 0.3 is 0 Å². The second-order valence-electron chi connectivity index (χ2n) is 8.57. The van der Waals surface area contributed by atoms with Crippen molar-refractivity contribution < 1.29 is 4.79 Å². The molecule has 4 rings (SSSR count). The first-order chi connectivity index (χ1) is 12.7. The van der Waals surface area contributed by atoms with Crippen LogP contribution in [0.3, 0.4) is 0 Å². The van der Waals surface area contributed by atoms with Gasteiger partial charge in [0.15, 0.2) is 0 Å². The molecule has 0 unspecified atom stereocenters. The second kappa shape index (κ2) is 7.96. The highest BCUT2D eigenvalue weighted by molar-refractivity contribution is 5.77. The van der Waals surface area contributed by atoms with Gasteiger partial charge in [0.2, 0.25) is 5.91 Å². The van der Waals surface area contributed by atoms with Crippen molar-refractivity contribution in [3.05, 3.63) is 42.0 Å². The Labute approximate surface area is 158 Å². The molecule has 1 aromatic carbocycles. The molecule has 0 atom stereocenters. The summed E-state index contributed by atoms with van der Waals surface area (Å²) in [5.41, 5.74) is 1.68. The fourth-order valence-corrected chi connectivity index (χ4v) is 5.11. The van der Waals surface area contributed by atoms with E-state index < -0.39 is 0 Å². The third-order valence-electron chi connectivity index (χ3n) is 6.85. The SMILES string of the molecule is O=C1CCC2(CCN(C/C=C/c3ccccc3)CC2)CN1C1CCCC1. The maximum Gasteiger partial charge on any atom is 0.222 e. The number of amides is 1. The minimum absolute atomic E-state index is 0.399. The first-order valence-corrected chi connectivity index (χ1v) is 10.5. The maximum absolute atomic E-state index is 12.5. The van der Waals surface area contributed by atoms with Crippen LogP contribution in [0.5, 0.6) is 0 Å². The van der Waals surface area contributed by atoms with Crippen molar-refractivity contribution in [3.8, 4) is 0 Å². The number of likely N-dealkylation sites (tertiary alicyclic amines) is 2. The number of hydrogen-bond donors (Lipinski definition) is 0. The molecule has 3 heteroatoms. The van der Waals surface area contributed by atoms with Crippen molar-refractivity contribution in [3.63, 3.8) is 0 Å². The molecular weight excluding hydrogens is 320 g/mol. The maximum atomic E-state index is 12.5. The normalized spacial score (nSPS) is 24.8. The Balaban J connectivity index is 1.29. The molecule has 0 N–H and O–H groups in total. The predicted octanol–water partition coefficient (Wildman–Crippen LogP) is 4.35. The lowest BCUT2D eigenvalue weighted by atomic mass is 9.72. The van der Waals surface area contributed by atoms with Gasteiger partial charge in [-0.3, -0.25) is 9.69 Å². The molecule has 3 aliphatic rings.